The fourth-order valence-electron chi connectivity index (χ4n) is 7.34. The molecule has 3 aromatic rings. The zero-order valence-electron chi connectivity index (χ0n) is 23.8. The zero-order chi connectivity index (χ0) is 29.3. The number of carbonyl (C=O) groups excluding carboxylic acids is 1. The van der Waals surface area contributed by atoms with Gasteiger partial charge in [-0.1, -0.05) is 0 Å². The number of carbonyl (C=O) groups is 1. The first-order valence-corrected chi connectivity index (χ1v) is 14.7. The van der Waals surface area contributed by atoms with Crippen LogP contribution in [0.2, 0.25) is 0 Å². The van der Waals surface area contributed by atoms with Crippen LogP contribution in [0.4, 0.5) is 5.69 Å². The summed E-state index contributed by atoms with van der Waals surface area (Å²) < 4.78 is 20.0. The molecule has 2 atom stereocenters. The van der Waals surface area contributed by atoms with Crippen LogP contribution in [-0.4, -0.2) is 45.9 Å². The van der Waals surface area contributed by atoms with Crippen molar-refractivity contribution in [1.82, 2.24) is 9.47 Å². The van der Waals surface area contributed by atoms with Crippen LogP contribution < -0.4 is 25.9 Å². The van der Waals surface area contributed by atoms with Crippen molar-refractivity contribution in [2.24, 2.45) is 5.92 Å². The highest BCUT2D eigenvalue weighted by Crippen LogP contribution is 2.44. The third-order valence-corrected chi connectivity index (χ3v) is 9.38. The number of aryl methyl sites for hydroxylation is 2. The molecule has 1 unspecified atom stereocenters. The Kier molecular flexibility index (Phi) is 6.36. The van der Waals surface area contributed by atoms with E-state index in [1.807, 2.05) is 19.9 Å². The molecule has 1 fully saturated rings. The molecule has 5 heterocycles. The van der Waals surface area contributed by atoms with E-state index in [4.69, 9.17) is 13.9 Å². The molecule has 0 saturated carbocycles. The van der Waals surface area contributed by atoms with Gasteiger partial charge in [0.2, 0.25) is 0 Å². The lowest BCUT2D eigenvalue weighted by Crippen LogP contribution is -2.50. The smallest absolute Gasteiger partial charge is 0.339 e. The zero-order valence-corrected chi connectivity index (χ0v) is 23.8. The Morgan fingerprint density at radius 1 is 1.12 bits per heavy atom. The molecule has 0 spiro atoms. The van der Waals surface area contributed by atoms with Gasteiger partial charge in [-0.15, -0.1) is 0 Å². The van der Waals surface area contributed by atoms with Crippen LogP contribution in [-0.2, 0) is 30.6 Å². The van der Waals surface area contributed by atoms with Gasteiger partial charge in [-0.3, -0.25) is 14.8 Å². The molecule has 0 radical (unpaired) electrons. The Morgan fingerprint density at radius 2 is 1.90 bits per heavy atom. The van der Waals surface area contributed by atoms with E-state index in [2.05, 4.69) is 0 Å². The van der Waals surface area contributed by atoms with Crippen molar-refractivity contribution in [3.63, 3.8) is 0 Å². The van der Waals surface area contributed by atoms with Gasteiger partial charge in [-0.05, 0) is 82.4 Å². The van der Waals surface area contributed by atoms with Gasteiger partial charge in [0.25, 0.3) is 11.5 Å². The van der Waals surface area contributed by atoms with Gasteiger partial charge in [-0.25, -0.2) is 4.79 Å². The Morgan fingerprint density at radius 3 is 2.69 bits per heavy atom. The Bertz CT molecular complexity index is 1720. The molecule has 1 aliphatic carbocycles. The summed E-state index contributed by atoms with van der Waals surface area (Å²) in [5.74, 6) is 0.909. The van der Waals surface area contributed by atoms with E-state index < -0.39 is 10.8 Å². The van der Waals surface area contributed by atoms with Gasteiger partial charge >= 0.3 is 5.63 Å². The van der Waals surface area contributed by atoms with Crippen molar-refractivity contribution in [1.29, 1.82) is 0 Å². The SMILES string of the molecule is CC1(C)CCc2c(cc(OCC(=O)N3CC4C[C@@H](C3)Cn3c4ccc(N([O-])O)c3=O)c3c4c(c(=O)oc23)CCCC4)O1. The van der Waals surface area contributed by atoms with Crippen LogP contribution in [0.5, 0.6) is 11.5 Å². The number of rotatable bonds is 4. The normalized spacial score (nSPS) is 22.0. The van der Waals surface area contributed by atoms with Crippen LogP contribution in [0.3, 0.4) is 0 Å². The number of benzene rings is 1. The summed E-state index contributed by atoms with van der Waals surface area (Å²) >= 11 is 0. The summed E-state index contributed by atoms with van der Waals surface area (Å²) in [6.07, 6.45) is 5.66. The monoisotopic (exact) mass is 576 g/mol. The molecule has 1 saturated heterocycles. The highest BCUT2D eigenvalue weighted by molar-refractivity contribution is 5.93. The lowest BCUT2D eigenvalue weighted by atomic mass is 9.83. The standard InChI is InChI=1S/C31H34N3O8/c1-31(2)10-9-21-24(42-31)12-25(27-19-5-3-4-6-20(19)30(37)41-28(21)27)40-16-26(35)32-13-17-11-18(15-32)22-7-8-23(34(38)39)29(36)33(22)14-17/h7-8,12,17-18,38H,3-6,9-11,13-16H2,1-2H3/q-1/t17-,18?/m0/s1. The number of fused-ring (bicyclic) bond motifs is 9. The Labute approximate surface area is 241 Å². The third kappa shape index (κ3) is 4.46. The maximum Gasteiger partial charge on any atom is 0.339 e. The number of hydrogen-bond donors (Lipinski definition) is 1. The predicted molar refractivity (Wildman–Crippen MR) is 153 cm³/mol. The molecular formula is C31H34N3O8-. The molecule has 7 rings (SSSR count). The number of hydrogen-bond acceptors (Lipinski definition) is 9. The molecule has 1 amide bonds. The molecule has 1 N–H and O–H groups in total. The first kappa shape index (κ1) is 27.0. The summed E-state index contributed by atoms with van der Waals surface area (Å²) in [4.78, 5) is 41.0. The summed E-state index contributed by atoms with van der Waals surface area (Å²) in [6, 6.07) is 4.86. The second kappa shape index (κ2) is 9.88. The first-order chi connectivity index (χ1) is 20.1. The predicted octanol–water partition coefficient (Wildman–Crippen LogP) is 3.66. The van der Waals surface area contributed by atoms with E-state index in [9.17, 15) is 24.8 Å². The number of nitrogens with zero attached hydrogens (tertiary/aromatic N) is 3. The van der Waals surface area contributed by atoms with Crippen molar-refractivity contribution in [3.05, 3.63) is 66.6 Å². The van der Waals surface area contributed by atoms with E-state index >= 15 is 0 Å². The van der Waals surface area contributed by atoms with Crippen molar-refractivity contribution < 1.29 is 23.9 Å². The minimum Gasteiger partial charge on any atom is -0.733 e. The molecule has 11 nitrogen and oxygen atoms in total. The average Bonchev–Trinajstić information content (AvgIpc) is 2.95. The van der Waals surface area contributed by atoms with Gasteiger partial charge in [0, 0.05) is 48.4 Å². The number of anilines is 1. The number of amides is 1. The average molecular weight is 577 g/mol. The number of piperidine rings is 1. The molecule has 1 aromatic carbocycles. The molecular weight excluding hydrogens is 542 g/mol. The van der Waals surface area contributed by atoms with E-state index in [1.54, 1.807) is 15.5 Å². The number of pyridine rings is 1. The van der Waals surface area contributed by atoms with Crippen LogP contribution in [0.1, 0.15) is 67.8 Å². The van der Waals surface area contributed by atoms with Crippen molar-refractivity contribution in [3.8, 4) is 11.5 Å². The fourth-order valence-corrected chi connectivity index (χ4v) is 7.34. The molecule has 42 heavy (non-hydrogen) atoms. The molecule has 2 bridgehead atoms. The lowest BCUT2D eigenvalue weighted by molar-refractivity contribution is -0.136. The largest absolute Gasteiger partial charge is 0.733 e. The van der Waals surface area contributed by atoms with Crippen LogP contribution in [0.15, 0.2) is 32.2 Å². The number of ether oxygens (including phenoxy) is 2. The summed E-state index contributed by atoms with van der Waals surface area (Å²) in [7, 11) is 0. The van der Waals surface area contributed by atoms with E-state index in [0.29, 0.717) is 55.1 Å². The summed E-state index contributed by atoms with van der Waals surface area (Å²) in [5.41, 5.74) is 2.26. The van der Waals surface area contributed by atoms with Crippen LogP contribution in [0, 0.1) is 11.1 Å². The van der Waals surface area contributed by atoms with Gasteiger partial charge < -0.3 is 33.8 Å². The van der Waals surface area contributed by atoms with Gasteiger partial charge in [0.05, 0.1) is 5.39 Å². The topological polar surface area (TPSA) is 138 Å². The maximum atomic E-state index is 13.5. The third-order valence-electron chi connectivity index (χ3n) is 9.38. The lowest BCUT2D eigenvalue weighted by Gasteiger charge is -2.43. The minimum atomic E-state index is -0.525. The highest BCUT2D eigenvalue weighted by atomic mass is 16.8. The first-order valence-electron chi connectivity index (χ1n) is 14.7. The van der Waals surface area contributed by atoms with Gasteiger partial charge in [0.1, 0.15) is 28.4 Å². The van der Waals surface area contributed by atoms with Gasteiger partial charge in [-0.2, -0.15) is 0 Å². The molecule has 2 aromatic heterocycles. The minimum absolute atomic E-state index is 0.0356. The van der Waals surface area contributed by atoms with E-state index in [0.717, 1.165) is 54.3 Å². The molecule has 222 valence electrons. The number of likely N-dealkylation sites (tertiary alicyclic amines) is 1. The fraction of sp³-hybridized carbons (Fsp3) is 0.516. The maximum absolute atomic E-state index is 13.5. The molecule has 4 aliphatic rings. The molecule has 3 aliphatic heterocycles. The van der Waals surface area contributed by atoms with Crippen molar-refractivity contribution in [2.45, 2.75) is 76.9 Å². The van der Waals surface area contributed by atoms with Crippen molar-refractivity contribution >= 4 is 22.6 Å². The summed E-state index contributed by atoms with van der Waals surface area (Å²) in [5, 5.41) is 21.0. The molecule has 11 heteroatoms. The highest BCUT2D eigenvalue weighted by Gasteiger charge is 2.37. The van der Waals surface area contributed by atoms with E-state index in [-0.39, 0.29) is 41.3 Å². The number of aromatic nitrogens is 1. The van der Waals surface area contributed by atoms with Crippen LogP contribution in [0.25, 0.3) is 11.0 Å². The second-order valence-corrected chi connectivity index (χ2v) is 12.7. The van der Waals surface area contributed by atoms with Crippen LogP contribution >= 0.6 is 0 Å². The van der Waals surface area contributed by atoms with Gasteiger partial charge in [0.15, 0.2) is 6.61 Å². The second-order valence-electron chi connectivity index (χ2n) is 12.7. The Hall–Kier alpha value is -3.83. The van der Waals surface area contributed by atoms with Crippen molar-refractivity contribution in [2.75, 3.05) is 24.9 Å². The summed E-state index contributed by atoms with van der Waals surface area (Å²) in [6.45, 7) is 5.10. The van der Waals surface area contributed by atoms with E-state index in [1.165, 1.54) is 6.07 Å². The Balaban J connectivity index is 1.18. The quantitative estimate of drug-likeness (QED) is 0.364.